The van der Waals surface area contributed by atoms with Crippen LogP contribution in [0.4, 0.5) is 0 Å². The second-order valence-electron chi connectivity index (χ2n) is 7.96. The number of carbonyl (C=O) groups is 1. The lowest BCUT2D eigenvalue weighted by Gasteiger charge is -2.29. The van der Waals surface area contributed by atoms with Crippen molar-refractivity contribution in [3.8, 4) is 5.75 Å². The summed E-state index contributed by atoms with van der Waals surface area (Å²) in [5, 5.41) is 4.00. The van der Waals surface area contributed by atoms with Gasteiger partial charge in [-0.3, -0.25) is 4.79 Å². The number of benzene rings is 3. The minimum Gasteiger partial charge on any atom is -0.492 e. The van der Waals surface area contributed by atoms with Gasteiger partial charge in [-0.15, -0.1) is 0 Å². The van der Waals surface area contributed by atoms with E-state index in [0.29, 0.717) is 13.0 Å². The Kier molecular flexibility index (Phi) is 6.39. The Bertz CT molecular complexity index is 987. The monoisotopic (exact) mass is 419 g/mol. The highest BCUT2D eigenvalue weighted by Crippen LogP contribution is 2.29. The van der Waals surface area contributed by atoms with Crippen molar-refractivity contribution in [2.75, 3.05) is 6.61 Å². The van der Waals surface area contributed by atoms with E-state index in [1.54, 1.807) is 0 Å². The first-order chi connectivity index (χ1) is 14.6. The average Bonchev–Trinajstić information content (AvgIpc) is 2.78. The molecule has 0 aromatic heterocycles. The van der Waals surface area contributed by atoms with Gasteiger partial charge in [0.1, 0.15) is 12.4 Å². The lowest BCUT2D eigenvalue weighted by atomic mass is 9.86. The molecule has 0 saturated carbocycles. The molecule has 3 unspecified atom stereocenters. The molecule has 0 radical (unpaired) electrons. The molecule has 3 nitrogen and oxygen atoms in total. The Hall–Kier alpha value is -2.78. The first-order valence-corrected chi connectivity index (χ1v) is 10.8. The van der Waals surface area contributed by atoms with Gasteiger partial charge in [0.15, 0.2) is 0 Å². The summed E-state index contributed by atoms with van der Waals surface area (Å²) < 4.78 is 5.82. The molecule has 0 bridgehead atoms. The van der Waals surface area contributed by atoms with E-state index in [-0.39, 0.29) is 23.8 Å². The Balaban J connectivity index is 1.48. The second-order valence-corrected chi connectivity index (χ2v) is 8.40. The molecule has 154 valence electrons. The van der Waals surface area contributed by atoms with Crippen LogP contribution >= 0.6 is 11.6 Å². The number of nitrogens with one attached hydrogen (secondary N) is 1. The fourth-order valence-electron chi connectivity index (χ4n) is 4.10. The zero-order valence-corrected chi connectivity index (χ0v) is 17.8. The summed E-state index contributed by atoms with van der Waals surface area (Å²) >= 11 is 6.05. The summed E-state index contributed by atoms with van der Waals surface area (Å²) in [5.74, 6) is 0.927. The number of rotatable bonds is 6. The Labute approximate surface area is 183 Å². The minimum atomic E-state index is -0.172. The first-order valence-electron chi connectivity index (χ1n) is 10.4. The maximum atomic E-state index is 13.0. The largest absolute Gasteiger partial charge is 0.492 e. The summed E-state index contributed by atoms with van der Waals surface area (Å²) in [6.07, 6.45) is 1.54. The van der Waals surface area contributed by atoms with Gasteiger partial charge < -0.3 is 10.1 Å². The molecule has 3 atom stereocenters. The molecule has 0 spiro atoms. The summed E-state index contributed by atoms with van der Waals surface area (Å²) in [4.78, 5) is 13.0. The van der Waals surface area contributed by atoms with Gasteiger partial charge in [-0.05, 0) is 54.7 Å². The summed E-state index contributed by atoms with van der Waals surface area (Å²) in [7, 11) is 0. The molecule has 1 heterocycles. The van der Waals surface area contributed by atoms with Gasteiger partial charge in [0, 0.05) is 17.0 Å². The molecule has 0 aliphatic carbocycles. The zero-order chi connectivity index (χ0) is 20.9. The van der Waals surface area contributed by atoms with Crippen LogP contribution in [0.1, 0.15) is 29.5 Å². The molecule has 3 aromatic carbocycles. The molecule has 1 aliphatic heterocycles. The number of para-hydroxylation sites is 1. The lowest BCUT2D eigenvalue weighted by molar-refractivity contribution is -0.127. The minimum absolute atomic E-state index is 0.0206. The van der Waals surface area contributed by atoms with E-state index in [0.717, 1.165) is 22.8 Å². The number of fused-ring (bicyclic) bond motifs is 1. The topological polar surface area (TPSA) is 38.3 Å². The third kappa shape index (κ3) is 4.85. The van der Waals surface area contributed by atoms with E-state index < -0.39 is 0 Å². The lowest BCUT2D eigenvalue weighted by Crippen LogP contribution is -2.44. The number of ether oxygens (including phenoxy) is 1. The van der Waals surface area contributed by atoms with Crippen LogP contribution in [0.5, 0.6) is 5.75 Å². The van der Waals surface area contributed by atoms with E-state index in [4.69, 9.17) is 16.3 Å². The number of hydrogen-bond donors (Lipinski definition) is 1. The third-order valence-corrected chi connectivity index (χ3v) is 6.07. The smallest absolute Gasteiger partial charge is 0.227 e. The van der Waals surface area contributed by atoms with Gasteiger partial charge >= 0.3 is 0 Å². The van der Waals surface area contributed by atoms with Crippen LogP contribution < -0.4 is 10.1 Å². The third-order valence-electron chi connectivity index (χ3n) is 5.82. The van der Waals surface area contributed by atoms with E-state index >= 15 is 0 Å². The maximum Gasteiger partial charge on any atom is 0.227 e. The van der Waals surface area contributed by atoms with Crippen molar-refractivity contribution in [3.63, 3.8) is 0 Å². The standard InChI is InChI=1S/C26H26ClNO2/c1-18(28-26(29)22-16-21-9-5-6-10-25(21)30-17-22)24(20-7-3-2-4-8-20)15-19-11-13-23(27)14-12-19/h2-14,18,22,24H,15-17H2,1H3,(H,28,29). The van der Waals surface area contributed by atoms with E-state index in [2.05, 4.69) is 36.5 Å². The summed E-state index contributed by atoms with van der Waals surface area (Å²) in [5.41, 5.74) is 3.51. The van der Waals surface area contributed by atoms with Crippen molar-refractivity contribution < 1.29 is 9.53 Å². The molecule has 1 amide bonds. The van der Waals surface area contributed by atoms with Crippen molar-refractivity contribution in [1.82, 2.24) is 5.32 Å². The van der Waals surface area contributed by atoms with Crippen LogP contribution in [0.3, 0.4) is 0 Å². The summed E-state index contributed by atoms with van der Waals surface area (Å²) in [6.45, 7) is 2.51. The normalized spacial score (nSPS) is 17.3. The number of carbonyl (C=O) groups excluding carboxylic acids is 1. The highest BCUT2D eigenvalue weighted by molar-refractivity contribution is 6.30. The van der Waals surface area contributed by atoms with Gasteiger partial charge in [-0.25, -0.2) is 0 Å². The molecule has 4 heteroatoms. The van der Waals surface area contributed by atoms with Gasteiger partial charge in [0.05, 0.1) is 5.92 Å². The highest BCUT2D eigenvalue weighted by Gasteiger charge is 2.29. The van der Waals surface area contributed by atoms with E-state index in [1.165, 1.54) is 11.1 Å². The zero-order valence-electron chi connectivity index (χ0n) is 17.1. The predicted octanol–water partition coefficient (Wildman–Crippen LogP) is 5.42. The second kappa shape index (κ2) is 9.36. The van der Waals surface area contributed by atoms with Crippen LogP contribution in [-0.2, 0) is 17.6 Å². The van der Waals surface area contributed by atoms with Crippen LogP contribution in [0, 0.1) is 5.92 Å². The van der Waals surface area contributed by atoms with Crippen LogP contribution in [0.25, 0.3) is 0 Å². The fourth-order valence-corrected chi connectivity index (χ4v) is 4.22. The molecule has 4 rings (SSSR count). The first kappa shape index (κ1) is 20.5. The van der Waals surface area contributed by atoms with E-state index in [1.807, 2.05) is 54.6 Å². The maximum absolute atomic E-state index is 13.0. The van der Waals surface area contributed by atoms with Gasteiger partial charge in [0.2, 0.25) is 5.91 Å². The van der Waals surface area contributed by atoms with Crippen molar-refractivity contribution in [2.24, 2.45) is 5.92 Å². The predicted molar refractivity (Wildman–Crippen MR) is 121 cm³/mol. The molecular formula is C26H26ClNO2. The fraction of sp³-hybridized carbons (Fsp3) is 0.269. The SMILES string of the molecule is CC(NC(=O)C1COc2ccccc2C1)C(Cc1ccc(Cl)cc1)c1ccccc1. The van der Waals surface area contributed by atoms with Crippen molar-refractivity contribution in [3.05, 3.63) is 101 Å². The summed E-state index contributed by atoms with van der Waals surface area (Å²) in [6, 6.07) is 26.2. The molecule has 1 aliphatic rings. The molecule has 0 fully saturated rings. The number of hydrogen-bond acceptors (Lipinski definition) is 2. The van der Waals surface area contributed by atoms with Crippen molar-refractivity contribution in [2.45, 2.75) is 31.7 Å². The molecule has 3 aromatic rings. The van der Waals surface area contributed by atoms with Crippen LogP contribution in [0.2, 0.25) is 5.02 Å². The molecule has 1 N–H and O–H groups in total. The number of halogens is 1. The quantitative estimate of drug-likeness (QED) is 0.579. The average molecular weight is 420 g/mol. The molecule has 0 saturated heterocycles. The Morgan fingerprint density at radius 2 is 1.73 bits per heavy atom. The van der Waals surface area contributed by atoms with E-state index in [9.17, 15) is 4.79 Å². The van der Waals surface area contributed by atoms with Gasteiger partial charge in [-0.1, -0.05) is 72.3 Å². The van der Waals surface area contributed by atoms with Gasteiger partial charge in [0.25, 0.3) is 0 Å². The molecular weight excluding hydrogens is 394 g/mol. The van der Waals surface area contributed by atoms with Crippen molar-refractivity contribution >= 4 is 17.5 Å². The Morgan fingerprint density at radius 1 is 1.03 bits per heavy atom. The van der Waals surface area contributed by atoms with Crippen molar-refractivity contribution in [1.29, 1.82) is 0 Å². The number of amides is 1. The molecule has 30 heavy (non-hydrogen) atoms. The van der Waals surface area contributed by atoms with Crippen LogP contribution in [0.15, 0.2) is 78.9 Å². The highest BCUT2D eigenvalue weighted by atomic mass is 35.5. The Morgan fingerprint density at radius 3 is 2.50 bits per heavy atom. The van der Waals surface area contributed by atoms with Gasteiger partial charge in [-0.2, -0.15) is 0 Å². The van der Waals surface area contributed by atoms with Crippen LogP contribution in [-0.4, -0.2) is 18.6 Å².